The molecule has 0 aromatic heterocycles. The van der Waals surface area contributed by atoms with Crippen molar-refractivity contribution in [2.75, 3.05) is 13.1 Å². The minimum atomic E-state index is 0.416. The lowest BCUT2D eigenvalue weighted by atomic mass is 9.85. The quantitative estimate of drug-likeness (QED) is 0.746. The Kier molecular flexibility index (Phi) is 5.08. The molecule has 0 radical (unpaired) electrons. The fraction of sp³-hybridized carbons (Fsp3) is 0.938. The Balaban J connectivity index is 1.73. The summed E-state index contributed by atoms with van der Waals surface area (Å²) in [5, 5.41) is 0. The smallest absolute Gasteiger partial charge is 0.222 e. The van der Waals surface area contributed by atoms with Crippen LogP contribution in [0.5, 0.6) is 0 Å². The van der Waals surface area contributed by atoms with Crippen LogP contribution in [0.25, 0.3) is 0 Å². The van der Waals surface area contributed by atoms with Crippen LogP contribution in [-0.2, 0) is 4.79 Å². The maximum absolute atomic E-state index is 12.3. The van der Waals surface area contributed by atoms with E-state index in [0.717, 1.165) is 31.8 Å². The zero-order chi connectivity index (χ0) is 13.0. The normalized spacial score (nSPS) is 30.4. The third kappa shape index (κ3) is 4.00. The number of nitrogens with zero attached hydrogens (tertiary/aromatic N) is 1. The SMILES string of the molecule is CC1CC(C)CN(C(=O)CCC2CCCCC2)C1. The highest BCUT2D eigenvalue weighted by atomic mass is 16.2. The maximum atomic E-state index is 12.3. The topological polar surface area (TPSA) is 20.3 Å². The second-order valence-electron chi connectivity index (χ2n) is 6.79. The van der Waals surface area contributed by atoms with Gasteiger partial charge < -0.3 is 4.90 Å². The lowest BCUT2D eigenvalue weighted by Gasteiger charge is -2.35. The van der Waals surface area contributed by atoms with Crippen molar-refractivity contribution in [2.24, 2.45) is 17.8 Å². The monoisotopic (exact) mass is 251 g/mol. The summed E-state index contributed by atoms with van der Waals surface area (Å²) >= 11 is 0. The van der Waals surface area contributed by atoms with Crippen LogP contribution >= 0.6 is 0 Å². The average molecular weight is 251 g/mol. The number of carbonyl (C=O) groups excluding carboxylic acids is 1. The molecule has 2 rings (SSSR count). The van der Waals surface area contributed by atoms with E-state index in [4.69, 9.17) is 0 Å². The highest BCUT2D eigenvalue weighted by Gasteiger charge is 2.25. The van der Waals surface area contributed by atoms with Gasteiger partial charge in [0.05, 0.1) is 0 Å². The minimum Gasteiger partial charge on any atom is -0.342 e. The van der Waals surface area contributed by atoms with Crippen LogP contribution in [-0.4, -0.2) is 23.9 Å². The number of hydrogen-bond donors (Lipinski definition) is 0. The summed E-state index contributed by atoms with van der Waals surface area (Å²) in [5.41, 5.74) is 0. The van der Waals surface area contributed by atoms with Crippen molar-refractivity contribution in [3.05, 3.63) is 0 Å². The van der Waals surface area contributed by atoms with Gasteiger partial charge in [0, 0.05) is 19.5 Å². The van der Waals surface area contributed by atoms with Gasteiger partial charge in [-0.05, 0) is 30.6 Å². The molecule has 104 valence electrons. The van der Waals surface area contributed by atoms with E-state index in [1.807, 2.05) is 0 Å². The van der Waals surface area contributed by atoms with Crippen molar-refractivity contribution < 1.29 is 4.79 Å². The molecule has 1 saturated heterocycles. The van der Waals surface area contributed by atoms with Gasteiger partial charge >= 0.3 is 0 Å². The molecule has 1 amide bonds. The number of hydrogen-bond acceptors (Lipinski definition) is 1. The van der Waals surface area contributed by atoms with Crippen LogP contribution in [0, 0.1) is 17.8 Å². The van der Waals surface area contributed by atoms with Gasteiger partial charge in [-0.2, -0.15) is 0 Å². The second-order valence-corrected chi connectivity index (χ2v) is 6.79. The van der Waals surface area contributed by atoms with Crippen molar-refractivity contribution in [1.82, 2.24) is 4.90 Å². The minimum absolute atomic E-state index is 0.416. The molecule has 0 N–H and O–H groups in total. The Morgan fingerprint density at radius 2 is 1.67 bits per heavy atom. The van der Waals surface area contributed by atoms with E-state index in [9.17, 15) is 4.79 Å². The molecule has 0 spiro atoms. The van der Waals surface area contributed by atoms with Gasteiger partial charge in [0.15, 0.2) is 0 Å². The molecule has 1 heterocycles. The van der Waals surface area contributed by atoms with E-state index in [1.54, 1.807) is 0 Å². The average Bonchev–Trinajstić information content (AvgIpc) is 2.36. The largest absolute Gasteiger partial charge is 0.342 e. The van der Waals surface area contributed by atoms with E-state index in [1.165, 1.54) is 38.5 Å². The fourth-order valence-corrected chi connectivity index (χ4v) is 3.83. The molecule has 2 fully saturated rings. The molecular weight excluding hydrogens is 222 g/mol. The van der Waals surface area contributed by atoms with E-state index < -0.39 is 0 Å². The summed E-state index contributed by atoms with van der Waals surface area (Å²) in [4.78, 5) is 14.4. The van der Waals surface area contributed by atoms with Crippen LogP contribution < -0.4 is 0 Å². The molecule has 2 nitrogen and oxygen atoms in total. The van der Waals surface area contributed by atoms with Crippen molar-refractivity contribution in [3.8, 4) is 0 Å². The maximum Gasteiger partial charge on any atom is 0.222 e. The van der Waals surface area contributed by atoms with Gasteiger partial charge in [-0.15, -0.1) is 0 Å². The summed E-state index contributed by atoms with van der Waals surface area (Å²) in [6, 6.07) is 0. The fourth-order valence-electron chi connectivity index (χ4n) is 3.83. The Morgan fingerprint density at radius 3 is 2.28 bits per heavy atom. The second kappa shape index (κ2) is 6.58. The molecule has 0 aromatic carbocycles. The van der Waals surface area contributed by atoms with Crippen molar-refractivity contribution in [1.29, 1.82) is 0 Å². The Bertz CT molecular complexity index is 260. The molecular formula is C16H29NO. The number of likely N-dealkylation sites (tertiary alicyclic amines) is 1. The molecule has 2 atom stereocenters. The lowest BCUT2D eigenvalue weighted by molar-refractivity contribution is -0.134. The number of piperidine rings is 1. The van der Waals surface area contributed by atoms with Crippen LogP contribution in [0.2, 0.25) is 0 Å². The summed E-state index contributed by atoms with van der Waals surface area (Å²) in [7, 11) is 0. The summed E-state index contributed by atoms with van der Waals surface area (Å²) < 4.78 is 0. The Hall–Kier alpha value is -0.530. The molecule has 2 heteroatoms. The highest BCUT2D eigenvalue weighted by Crippen LogP contribution is 2.28. The number of carbonyl (C=O) groups is 1. The van der Waals surface area contributed by atoms with Gasteiger partial charge in [-0.25, -0.2) is 0 Å². The summed E-state index contributed by atoms with van der Waals surface area (Å²) in [5.74, 6) is 2.63. The van der Waals surface area contributed by atoms with Crippen LogP contribution in [0.4, 0.5) is 0 Å². The Labute approximate surface area is 112 Å². The van der Waals surface area contributed by atoms with Crippen molar-refractivity contribution in [3.63, 3.8) is 0 Å². The van der Waals surface area contributed by atoms with E-state index in [-0.39, 0.29) is 0 Å². The van der Waals surface area contributed by atoms with Crippen LogP contribution in [0.15, 0.2) is 0 Å². The van der Waals surface area contributed by atoms with Gasteiger partial charge in [-0.3, -0.25) is 4.79 Å². The molecule has 2 aliphatic rings. The van der Waals surface area contributed by atoms with E-state index in [2.05, 4.69) is 18.7 Å². The van der Waals surface area contributed by atoms with Gasteiger partial charge in [0.2, 0.25) is 5.91 Å². The van der Waals surface area contributed by atoms with Crippen molar-refractivity contribution in [2.45, 2.75) is 65.2 Å². The first-order valence-electron chi connectivity index (χ1n) is 7.93. The molecule has 0 aromatic rings. The Morgan fingerprint density at radius 1 is 1.06 bits per heavy atom. The van der Waals surface area contributed by atoms with Gasteiger partial charge in [0.1, 0.15) is 0 Å². The lowest BCUT2D eigenvalue weighted by Crippen LogP contribution is -2.42. The number of rotatable bonds is 3. The third-order valence-corrected chi connectivity index (χ3v) is 4.71. The van der Waals surface area contributed by atoms with Gasteiger partial charge in [-0.1, -0.05) is 46.0 Å². The zero-order valence-electron chi connectivity index (χ0n) is 12.2. The first-order chi connectivity index (χ1) is 8.65. The molecule has 0 bridgehead atoms. The molecule has 2 unspecified atom stereocenters. The molecule has 1 aliphatic carbocycles. The first-order valence-corrected chi connectivity index (χ1v) is 7.93. The summed E-state index contributed by atoms with van der Waals surface area (Å²) in [6.07, 6.45) is 10.1. The standard InChI is InChI=1S/C16H29NO/c1-13-10-14(2)12-17(11-13)16(18)9-8-15-6-4-3-5-7-15/h13-15H,3-12H2,1-2H3. The van der Waals surface area contributed by atoms with Gasteiger partial charge in [0.25, 0.3) is 0 Å². The highest BCUT2D eigenvalue weighted by molar-refractivity contribution is 5.76. The first kappa shape index (κ1) is 13.9. The van der Waals surface area contributed by atoms with Crippen LogP contribution in [0.1, 0.15) is 65.2 Å². The van der Waals surface area contributed by atoms with E-state index >= 15 is 0 Å². The predicted molar refractivity (Wildman–Crippen MR) is 75.3 cm³/mol. The van der Waals surface area contributed by atoms with Crippen molar-refractivity contribution >= 4 is 5.91 Å². The number of amides is 1. The zero-order valence-corrected chi connectivity index (χ0v) is 12.2. The van der Waals surface area contributed by atoms with Crippen LogP contribution in [0.3, 0.4) is 0 Å². The molecule has 1 saturated carbocycles. The predicted octanol–water partition coefficient (Wildman–Crippen LogP) is 3.85. The molecule has 18 heavy (non-hydrogen) atoms. The summed E-state index contributed by atoms with van der Waals surface area (Å²) in [6.45, 7) is 6.54. The third-order valence-electron chi connectivity index (χ3n) is 4.71. The van der Waals surface area contributed by atoms with E-state index in [0.29, 0.717) is 17.7 Å². The molecule has 1 aliphatic heterocycles.